The van der Waals surface area contributed by atoms with Crippen molar-refractivity contribution in [2.75, 3.05) is 51.1 Å². The van der Waals surface area contributed by atoms with Crippen molar-refractivity contribution in [3.8, 4) is 11.3 Å². The van der Waals surface area contributed by atoms with Crippen LogP contribution < -0.4 is 16.0 Å². The van der Waals surface area contributed by atoms with Crippen molar-refractivity contribution in [3.63, 3.8) is 0 Å². The van der Waals surface area contributed by atoms with E-state index in [0.717, 1.165) is 25.7 Å². The van der Waals surface area contributed by atoms with E-state index in [-0.39, 0.29) is 58.6 Å². The van der Waals surface area contributed by atoms with Crippen LogP contribution in [0.3, 0.4) is 0 Å². The number of anilines is 2. The average Bonchev–Trinajstić information content (AvgIpc) is 3.82. The van der Waals surface area contributed by atoms with Gasteiger partial charge in [-0.25, -0.2) is 18.7 Å². The minimum Gasteiger partial charge on any atom is -0.483 e. The summed E-state index contributed by atoms with van der Waals surface area (Å²) in [4.78, 5) is 46.2. The number of amides is 2. The Kier molecular flexibility index (Phi) is 11.5. The molecule has 0 radical (unpaired) electrons. The van der Waals surface area contributed by atoms with Gasteiger partial charge in [-0.1, -0.05) is 11.6 Å². The van der Waals surface area contributed by atoms with Crippen molar-refractivity contribution in [3.05, 3.63) is 59.3 Å². The molecule has 2 amide bonds. The van der Waals surface area contributed by atoms with Crippen LogP contribution in [-0.2, 0) is 22.3 Å². The van der Waals surface area contributed by atoms with Crippen LogP contribution in [0.15, 0.2) is 43.0 Å². The number of carboxylic acid groups (broad SMARTS) is 1. The lowest BCUT2D eigenvalue weighted by atomic mass is 10.1. The van der Waals surface area contributed by atoms with Gasteiger partial charge in [0, 0.05) is 63.0 Å². The Bertz CT molecular complexity index is 1820. The number of nitrogens with one attached hydrogen (secondary N) is 3. The lowest BCUT2D eigenvalue weighted by molar-refractivity contribution is -0.141. The van der Waals surface area contributed by atoms with Gasteiger partial charge in [-0.15, -0.1) is 0 Å². The number of benzene rings is 1. The maximum atomic E-state index is 13.8. The summed E-state index contributed by atoms with van der Waals surface area (Å²) >= 11 is 6.52. The molecule has 3 aromatic heterocycles. The third-order valence-corrected chi connectivity index (χ3v) is 8.29. The van der Waals surface area contributed by atoms with Gasteiger partial charge in [0.25, 0.3) is 18.8 Å². The van der Waals surface area contributed by atoms with Gasteiger partial charge in [-0.2, -0.15) is 18.3 Å². The molecule has 268 valence electrons. The Balaban J connectivity index is 0.00000156. The van der Waals surface area contributed by atoms with Crippen molar-refractivity contribution in [2.24, 2.45) is 0 Å². The van der Waals surface area contributed by atoms with Gasteiger partial charge in [-0.3, -0.25) is 28.4 Å². The molecule has 0 aliphatic carbocycles. The molecule has 4 N–H and O–H groups in total. The zero-order valence-electron chi connectivity index (χ0n) is 26.2. The Hall–Kier alpha value is -4.88. The molecule has 5 heterocycles. The van der Waals surface area contributed by atoms with Crippen LogP contribution >= 0.6 is 11.6 Å². The SMILES string of the molecule is O=C(CN1CCN(C(=O)c2ccc(Nc3nccn4c(-c5cn(CC(F)F)nc5C(F)(F)F)cnc34)cc2Cl)CC1)N[C@H]1CCNC1.O=CO. The van der Waals surface area contributed by atoms with Crippen molar-refractivity contribution < 1.29 is 41.4 Å². The van der Waals surface area contributed by atoms with Crippen LogP contribution in [0, 0.1) is 0 Å². The number of aromatic nitrogens is 5. The van der Waals surface area contributed by atoms with E-state index in [4.69, 9.17) is 21.5 Å². The highest BCUT2D eigenvalue weighted by Crippen LogP contribution is 2.37. The minimum absolute atomic E-state index is 0.0240. The second-order valence-corrected chi connectivity index (χ2v) is 11.8. The topological polar surface area (TPSA) is 162 Å². The minimum atomic E-state index is -4.90. The second-order valence-electron chi connectivity index (χ2n) is 11.4. The summed E-state index contributed by atoms with van der Waals surface area (Å²) in [6.07, 6.45) is -2.07. The summed E-state index contributed by atoms with van der Waals surface area (Å²) in [6, 6.07) is 4.85. The molecule has 1 aromatic carbocycles. The average molecular weight is 727 g/mol. The molecule has 2 aliphatic rings. The van der Waals surface area contributed by atoms with E-state index in [0.29, 0.717) is 36.5 Å². The number of carbonyl (C=O) groups is 3. The number of halogens is 6. The molecular weight excluding hydrogens is 695 g/mol. The largest absolute Gasteiger partial charge is 0.483 e. The molecule has 50 heavy (non-hydrogen) atoms. The number of hydrogen-bond acceptors (Lipinski definition) is 9. The smallest absolute Gasteiger partial charge is 0.435 e. The lowest BCUT2D eigenvalue weighted by Crippen LogP contribution is -2.52. The van der Waals surface area contributed by atoms with E-state index in [1.807, 2.05) is 4.90 Å². The molecule has 20 heteroatoms. The molecule has 0 saturated carbocycles. The zero-order chi connectivity index (χ0) is 36.0. The summed E-state index contributed by atoms with van der Waals surface area (Å²) in [5, 5.41) is 19.7. The van der Waals surface area contributed by atoms with E-state index in [2.05, 4.69) is 31.0 Å². The first-order valence-corrected chi connectivity index (χ1v) is 15.7. The van der Waals surface area contributed by atoms with E-state index in [1.54, 1.807) is 17.0 Å². The Morgan fingerprint density at radius 1 is 1.16 bits per heavy atom. The second kappa shape index (κ2) is 15.8. The summed E-state index contributed by atoms with van der Waals surface area (Å²) < 4.78 is 68.9. The molecular formula is C30H32ClF5N10O4. The van der Waals surface area contributed by atoms with E-state index < -0.39 is 30.4 Å². The quantitative estimate of drug-likeness (QED) is 0.149. The third-order valence-electron chi connectivity index (χ3n) is 7.97. The van der Waals surface area contributed by atoms with Crippen molar-refractivity contribution in [1.29, 1.82) is 0 Å². The van der Waals surface area contributed by atoms with Crippen LogP contribution in [0.4, 0.5) is 33.5 Å². The van der Waals surface area contributed by atoms with Gasteiger partial charge in [0.05, 0.1) is 34.6 Å². The van der Waals surface area contributed by atoms with Crippen LogP contribution in [0.5, 0.6) is 0 Å². The number of nitrogens with zero attached hydrogens (tertiary/aromatic N) is 7. The molecule has 14 nitrogen and oxygen atoms in total. The Labute approximate surface area is 286 Å². The van der Waals surface area contributed by atoms with Gasteiger partial charge < -0.3 is 26.0 Å². The number of hydrogen-bond donors (Lipinski definition) is 4. The van der Waals surface area contributed by atoms with Crippen molar-refractivity contribution in [2.45, 2.75) is 31.6 Å². The fraction of sp³-hybridized carbons (Fsp3) is 0.400. The molecule has 1 atom stereocenters. The van der Waals surface area contributed by atoms with Gasteiger partial charge in [0.2, 0.25) is 5.91 Å². The number of imidazole rings is 1. The first-order chi connectivity index (χ1) is 23.9. The summed E-state index contributed by atoms with van der Waals surface area (Å²) in [6.45, 7) is 2.62. The lowest BCUT2D eigenvalue weighted by Gasteiger charge is -2.34. The van der Waals surface area contributed by atoms with Crippen LogP contribution in [-0.4, -0.2) is 116 Å². The van der Waals surface area contributed by atoms with Crippen molar-refractivity contribution in [1.82, 2.24) is 44.6 Å². The van der Waals surface area contributed by atoms with Crippen LogP contribution in [0.25, 0.3) is 16.9 Å². The first-order valence-electron chi connectivity index (χ1n) is 15.3. The molecule has 6 rings (SSSR count). The summed E-state index contributed by atoms with van der Waals surface area (Å²) in [5.41, 5.74) is -0.886. The number of piperazine rings is 1. The predicted molar refractivity (Wildman–Crippen MR) is 170 cm³/mol. The molecule has 2 aliphatic heterocycles. The highest BCUT2D eigenvalue weighted by molar-refractivity contribution is 6.34. The van der Waals surface area contributed by atoms with E-state index in [9.17, 15) is 31.5 Å². The molecule has 4 aromatic rings. The van der Waals surface area contributed by atoms with Crippen molar-refractivity contribution >= 4 is 47.0 Å². The molecule has 0 spiro atoms. The first kappa shape index (κ1) is 36.4. The van der Waals surface area contributed by atoms with Crippen LogP contribution in [0.1, 0.15) is 22.5 Å². The predicted octanol–water partition coefficient (Wildman–Crippen LogP) is 3.21. The molecule has 0 unspecified atom stereocenters. The van der Waals surface area contributed by atoms with E-state index in [1.165, 1.54) is 29.1 Å². The maximum Gasteiger partial charge on any atom is 0.435 e. The summed E-state index contributed by atoms with van der Waals surface area (Å²) in [7, 11) is 0. The standard InChI is InChI=1S/C29H30ClF5N10O2.CH2O2/c30-21-11-17(1-2-19(21)28(47)43-9-7-42(8-10-43)16-24(46)39-18-3-4-36-12-18)40-26-27-38-13-22(45(27)6-5-37-26)20-14-44(15-23(31)32)41-25(20)29(33,34)35;2-1-3/h1-2,5-6,11,13-14,18,23,36H,3-4,7-10,12,15-16H2,(H,37,40)(H,39,46);1H,(H,2,3)/t18-;/m0./s1. The Morgan fingerprint density at radius 3 is 2.54 bits per heavy atom. The normalized spacial score (nSPS) is 16.7. The number of carbonyl (C=O) groups excluding carboxylic acids is 2. The third kappa shape index (κ3) is 8.64. The Morgan fingerprint density at radius 2 is 1.90 bits per heavy atom. The zero-order valence-corrected chi connectivity index (χ0v) is 27.0. The highest BCUT2D eigenvalue weighted by Gasteiger charge is 2.38. The molecule has 2 fully saturated rings. The number of rotatable bonds is 9. The monoisotopic (exact) mass is 726 g/mol. The van der Waals surface area contributed by atoms with Gasteiger partial charge in [-0.05, 0) is 31.2 Å². The fourth-order valence-corrected chi connectivity index (χ4v) is 5.96. The maximum absolute atomic E-state index is 13.8. The van der Waals surface area contributed by atoms with Gasteiger partial charge in [0.1, 0.15) is 6.54 Å². The number of fused-ring (bicyclic) bond motifs is 1. The summed E-state index contributed by atoms with van der Waals surface area (Å²) in [5.74, 6) is -0.117. The van der Waals surface area contributed by atoms with Gasteiger partial charge in [0.15, 0.2) is 17.2 Å². The number of alkyl halides is 5. The van der Waals surface area contributed by atoms with E-state index >= 15 is 0 Å². The fourth-order valence-electron chi connectivity index (χ4n) is 5.70. The molecule has 2 saturated heterocycles. The van der Waals surface area contributed by atoms with Gasteiger partial charge >= 0.3 is 6.18 Å². The van der Waals surface area contributed by atoms with Crippen LogP contribution in [0.2, 0.25) is 5.02 Å². The molecule has 0 bridgehead atoms. The highest BCUT2D eigenvalue weighted by atomic mass is 35.5.